The van der Waals surface area contributed by atoms with Gasteiger partial charge in [-0.2, -0.15) is 0 Å². The normalized spacial score (nSPS) is 54.4. The van der Waals surface area contributed by atoms with Crippen LogP contribution in [0, 0.1) is 28.6 Å². The molecule has 4 saturated carbocycles. The van der Waals surface area contributed by atoms with Gasteiger partial charge in [0, 0.05) is 31.4 Å². The molecule has 6 N–H and O–H groups in total. The van der Waals surface area contributed by atoms with Crippen LogP contribution in [0.2, 0.25) is 0 Å². The fraction of sp³-hybridized carbons (Fsp3) is 0.917. The van der Waals surface area contributed by atoms with Crippen molar-refractivity contribution in [2.24, 2.45) is 28.6 Å². The predicted octanol–water partition coefficient (Wildman–Crippen LogP) is 1.08. The molecule has 0 bridgehead atoms. The second kappa shape index (κ2) is 13.0. The highest BCUT2D eigenvalue weighted by Crippen LogP contribution is 2.70. The molecule has 2 saturated heterocycles. The van der Waals surface area contributed by atoms with E-state index in [0.29, 0.717) is 32.3 Å². The molecule has 0 aromatic rings. The van der Waals surface area contributed by atoms with Gasteiger partial charge in [-0.25, -0.2) is 4.79 Å². The van der Waals surface area contributed by atoms with Gasteiger partial charge in [0.1, 0.15) is 37.1 Å². The number of ether oxygens (including phenoxy) is 6. The molecule has 278 valence electrons. The summed E-state index contributed by atoms with van der Waals surface area (Å²) in [7, 11) is 1.55. The van der Waals surface area contributed by atoms with Crippen molar-refractivity contribution in [1.29, 1.82) is 0 Å². The number of carbonyl (C=O) groups is 1. The van der Waals surface area contributed by atoms with Crippen molar-refractivity contribution in [1.82, 2.24) is 0 Å². The minimum absolute atomic E-state index is 0.0724. The minimum Gasteiger partial charge on any atom is -0.458 e. The summed E-state index contributed by atoms with van der Waals surface area (Å²) in [5.41, 5.74) is -1.52. The van der Waals surface area contributed by atoms with Crippen LogP contribution in [0.25, 0.3) is 0 Å². The Labute approximate surface area is 287 Å². The van der Waals surface area contributed by atoms with Crippen LogP contribution in [0.5, 0.6) is 0 Å². The zero-order chi connectivity index (χ0) is 35.1. The second-order valence-corrected chi connectivity index (χ2v) is 16.6. The highest BCUT2D eigenvalue weighted by atomic mass is 16.7. The average Bonchev–Trinajstić information content (AvgIpc) is 3.61. The second-order valence-electron chi connectivity index (χ2n) is 16.6. The number of hydrogen-bond acceptors (Lipinski definition) is 13. The summed E-state index contributed by atoms with van der Waals surface area (Å²) < 4.78 is 35.4. The Hall–Kier alpha value is -1.23. The van der Waals surface area contributed by atoms with E-state index in [1.165, 1.54) is 0 Å². The topological polar surface area (TPSA) is 194 Å². The van der Waals surface area contributed by atoms with Gasteiger partial charge < -0.3 is 59.1 Å². The summed E-state index contributed by atoms with van der Waals surface area (Å²) in [4.78, 5) is 11.9. The molecule has 0 amide bonds. The molecule has 0 unspecified atom stereocenters. The summed E-state index contributed by atoms with van der Waals surface area (Å²) >= 11 is 0. The van der Waals surface area contributed by atoms with Gasteiger partial charge in [0.25, 0.3) is 0 Å². The number of hydrogen-bond donors (Lipinski definition) is 6. The molecule has 0 spiro atoms. The fourth-order valence-electron chi connectivity index (χ4n) is 11.5. The number of cyclic esters (lactones) is 1. The number of rotatable bonds is 7. The first-order valence-corrected chi connectivity index (χ1v) is 18.3. The molecule has 4 aliphatic carbocycles. The van der Waals surface area contributed by atoms with Gasteiger partial charge in [-0.15, -0.1) is 0 Å². The van der Waals surface area contributed by atoms with Crippen molar-refractivity contribution in [2.75, 3.05) is 20.3 Å². The Kier molecular flexibility index (Phi) is 9.60. The Balaban J connectivity index is 0.994. The SMILES string of the molecule is CO[C@H]1C[C@H](O[C@H]2CC[C@]3(C)[C@H]4CC[C@]5(C)[C@@H](C6=CC(=O)OC6)CC[C@]5(O)[C@@H]4CC[C@]3(O)C2)O[C@H](C)[C@@H]1O[C@@H]1O[C@H](CO)[C@@H](O)[C@H](O)[C@H]1O. The van der Waals surface area contributed by atoms with Gasteiger partial charge in [0.15, 0.2) is 12.6 Å². The molecule has 0 radical (unpaired) electrons. The molecule has 13 nitrogen and oxygen atoms in total. The molecular formula is C36H56O13. The summed E-state index contributed by atoms with van der Waals surface area (Å²) in [6, 6.07) is 0. The molecule has 13 heteroatoms. The van der Waals surface area contributed by atoms with Crippen molar-refractivity contribution in [2.45, 2.75) is 158 Å². The molecule has 3 aliphatic heterocycles. The number of aliphatic hydroxyl groups excluding tert-OH is 4. The molecule has 0 aromatic heterocycles. The molecule has 0 aromatic carbocycles. The van der Waals surface area contributed by atoms with Gasteiger partial charge in [-0.3, -0.25) is 0 Å². The van der Waals surface area contributed by atoms with E-state index in [2.05, 4.69) is 13.8 Å². The zero-order valence-electron chi connectivity index (χ0n) is 29.1. The van der Waals surface area contributed by atoms with Crippen LogP contribution in [-0.2, 0) is 33.2 Å². The monoisotopic (exact) mass is 696 g/mol. The first-order valence-electron chi connectivity index (χ1n) is 18.3. The molecule has 49 heavy (non-hydrogen) atoms. The molecular weight excluding hydrogens is 640 g/mol. The lowest BCUT2D eigenvalue weighted by Gasteiger charge is -2.66. The Morgan fingerprint density at radius 2 is 1.63 bits per heavy atom. The number of fused-ring (bicyclic) bond motifs is 5. The third-order valence-corrected chi connectivity index (χ3v) is 14.5. The third kappa shape index (κ3) is 5.65. The van der Waals surface area contributed by atoms with Gasteiger partial charge >= 0.3 is 5.97 Å². The largest absolute Gasteiger partial charge is 0.458 e. The first-order chi connectivity index (χ1) is 23.2. The highest BCUT2D eigenvalue weighted by molar-refractivity contribution is 5.85. The maximum atomic E-state index is 12.5. The number of esters is 1. The highest BCUT2D eigenvalue weighted by Gasteiger charge is 2.70. The van der Waals surface area contributed by atoms with Crippen LogP contribution in [0.3, 0.4) is 0 Å². The van der Waals surface area contributed by atoms with Crippen molar-refractivity contribution >= 4 is 5.97 Å². The van der Waals surface area contributed by atoms with Crippen LogP contribution < -0.4 is 0 Å². The van der Waals surface area contributed by atoms with Crippen LogP contribution in [0.1, 0.15) is 85.0 Å². The summed E-state index contributed by atoms with van der Waals surface area (Å²) in [6.07, 6.45) is -1.10. The van der Waals surface area contributed by atoms with Crippen molar-refractivity contribution in [3.63, 3.8) is 0 Å². The number of carbonyl (C=O) groups excluding carboxylic acids is 1. The standard InChI is InChI=1S/C36H56O13/c1-18-31(49-32-30(41)29(40)28(39)25(16-37)48-32)24(44-4)14-27(46-18)47-20-5-9-33(2)22-6-10-34(3)21(19-13-26(38)45-17-19)8-12-36(34,43)23(22)7-11-35(33,42)15-20/h13,18,20-25,27-32,37,39-43H,5-12,14-17H2,1-4H3/t18-,20+,21-,22+,23-,24+,25-,27+,28-,29+,30-,31+,32+,33-,34-,35+,36+/m1/s1. The quantitative estimate of drug-likeness (QED) is 0.164. The van der Waals surface area contributed by atoms with Crippen molar-refractivity contribution in [3.8, 4) is 0 Å². The van der Waals surface area contributed by atoms with E-state index in [4.69, 9.17) is 28.4 Å². The summed E-state index contributed by atoms with van der Waals surface area (Å²) in [6.45, 7) is 5.98. The van der Waals surface area contributed by atoms with Crippen molar-refractivity contribution < 1.29 is 63.9 Å². The molecule has 6 fully saturated rings. The van der Waals surface area contributed by atoms with E-state index in [1.807, 2.05) is 0 Å². The number of aliphatic hydroxyl groups is 6. The lowest BCUT2D eigenvalue weighted by atomic mass is 9.42. The zero-order valence-corrected chi connectivity index (χ0v) is 29.1. The average molecular weight is 697 g/mol. The fourth-order valence-corrected chi connectivity index (χ4v) is 11.5. The van der Waals surface area contributed by atoms with Gasteiger partial charge in [-0.05, 0) is 87.0 Å². The smallest absolute Gasteiger partial charge is 0.331 e. The van der Waals surface area contributed by atoms with E-state index in [9.17, 15) is 35.4 Å². The molecule has 3 heterocycles. The van der Waals surface area contributed by atoms with Crippen LogP contribution in [-0.4, -0.2) is 130 Å². The maximum Gasteiger partial charge on any atom is 0.331 e. The Morgan fingerprint density at radius 1 is 0.898 bits per heavy atom. The van der Waals surface area contributed by atoms with E-state index >= 15 is 0 Å². The summed E-state index contributed by atoms with van der Waals surface area (Å²) in [5, 5.41) is 65.4. The Morgan fingerprint density at radius 3 is 2.33 bits per heavy atom. The van der Waals surface area contributed by atoms with E-state index < -0.39 is 73.1 Å². The van der Waals surface area contributed by atoms with Gasteiger partial charge in [0.2, 0.25) is 0 Å². The van der Waals surface area contributed by atoms with Gasteiger partial charge in [0.05, 0.1) is 36.1 Å². The Bertz CT molecular complexity index is 1280. The minimum atomic E-state index is -1.56. The molecule has 7 aliphatic rings. The lowest BCUT2D eigenvalue weighted by Crippen LogP contribution is -2.67. The van der Waals surface area contributed by atoms with E-state index in [1.54, 1.807) is 20.1 Å². The maximum absolute atomic E-state index is 12.5. The van der Waals surface area contributed by atoms with Gasteiger partial charge in [-0.1, -0.05) is 13.8 Å². The lowest BCUT2D eigenvalue weighted by molar-refractivity contribution is -0.347. The summed E-state index contributed by atoms with van der Waals surface area (Å²) in [5.74, 6) is 0.0783. The van der Waals surface area contributed by atoms with Crippen LogP contribution in [0.15, 0.2) is 11.6 Å². The number of methoxy groups -OCH3 is 1. The van der Waals surface area contributed by atoms with E-state index in [-0.39, 0.29) is 40.7 Å². The van der Waals surface area contributed by atoms with E-state index in [0.717, 1.165) is 44.1 Å². The molecule has 17 atom stereocenters. The third-order valence-electron chi connectivity index (χ3n) is 14.5. The molecule has 7 rings (SSSR count). The van der Waals surface area contributed by atoms with Crippen molar-refractivity contribution in [3.05, 3.63) is 11.6 Å². The van der Waals surface area contributed by atoms with Crippen LogP contribution in [0.4, 0.5) is 0 Å². The predicted molar refractivity (Wildman–Crippen MR) is 170 cm³/mol. The van der Waals surface area contributed by atoms with Crippen LogP contribution >= 0.6 is 0 Å². The first kappa shape index (κ1) is 36.1.